The second kappa shape index (κ2) is 5.46. The maximum absolute atomic E-state index is 5.50. The monoisotopic (exact) mass is 210 g/mol. The standard InChI is InChI=1S/C11H18N2O2/c1-13(7-6-12)9-4-5-10(14-2)11(8-9)15-3/h4-5,8H,6-7,12H2,1-3H3. The molecule has 0 spiro atoms. The van der Waals surface area contributed by atoms with Gasteiger partial charge in [-0.3, -0.25) is 0 Å². The SMILES string of the molecule is COc1ccc(N(C)CCN)cc1OC. The zero-order valence-electron chi connectivity index (χ0n) is 9.49. The highest BCUT2D eigenvalue weighted by Crippen LogP contribution is 2.30. The Hall–Kier alpha value is -1.42. The van der Waals surface area contributed by atoms with Crippen LogP contribution in [0.5, 0.6) is 11.5 Å². The van der Waals surface area contributed by atoms with Gasteiger partial charge in [0.1, 0.15) is 0 Å². The van der Waals surface area contributed by atoms with Gasteiger partial charge in [-0.25, -0.2) is 0 Å². The van der Waals surface area contributed by atoms with Gasteiger partial charge in [0, 0.05) is 31.9 Å². The summed E-state index contributed by atoms with van der Waals surface area (Å²) in [6.45, 7) is 1.44. The van der Waals surface area contributed by atoms with Gasteiger partial charge in [-0.2, -0.15) is 0 Å². The van der Waals surface area contributed by atoms with Crippen molar-refractivity contribution in [2.45, 2.75) is 0 Å². The molecular weight excluding hydrogens is 192 g/mol. The summed E-state index contributed by atoms with van der Waals surface area (Å²) in [4.78, 5) is 2.07. The summed E-state index contributed by atoms with van der Waals surface area (Å²) >= 11 is 0. The zero-order valence-corrected chi connectivity index (χ0v) is 9.49. The minimum Gasteiger partial charge on any atom is -0.493 e. The average Bonchev–Trinajstić information content (AvgIpc) is 2.28. The number of hydrogen-bond acceptors (Lipinski definition) is 4. The molecule has 1 rings (SSSR count). The van der Waals surface area contributed by atoms with Crippen molar-refractivity contribution in [1.82, 2.24) is 0 Å². The van der Waals surface area contributed by atoms with Gasteiger partial charge in [0.15, 0.2) is 11.5 Å². The van der Waals surface area contributed by atoms with Crippen molar-refractivity contribution in [3.05, 3.63) is 18.2 Å². The largest absolute Gasteiger partial charge is 0.493 e. The Morgan fingerprint density at radius 2 is 1.87 bits per heavy atom. The van der Waals surface area contributed by atoms with Gasteiger partial charge in [0.05, 0.1) is 14.2 Å². The lowest BCUT2D eigenvalue weighted by atomic mass is 10.2. The molecule has 0 saturated carbocycles. The Bertz CT molecular complexity index is 315. The first-order chi connectivity index (χ1) is 7.22. The molecule has 0 amide bonds. The molecule has 1 aromatic carbocycles. The Morgan fingerprint density at radius 3 is 2.40 bits per heavy atom. The third kappa shape index (κ3) is 2.76. The Morgan fingerprint density at radius 1 is 1.20 bits per heavy atom. The summed E-state index contributed by atoms with van der Waals surface area (Å²) in [6, 6.07) is 5.81. The van der Waals surface area contributed by atoms with Crippen LogP contribution in [0.15, 0.2) is 18.2 Å². The van der Waals surface area contributed by atoms with Gasteiger partial charge >= 0.3 is 0 Å². The molecule has 0 saturated heterocycles. The molecule has 0 unspecified atom stereocenters. The molecule has 0 aromatic heterocycles. The van der Waals surface area contributed by atoms with Crippen molar-refractivity contribution in [2.24, 2.45) is 5.73 Å². The molecule has 15 heavy (non-hydrogen) atoms. The van der Waals surface area contributed by atoms with E-state index in [1.54, 1.807) is 14.2 Å². The van der Waals surface area contributed by atoms with E-state index in [1.165, 1.54) is 0 Å². The van der Waals surface area contributed by atoms with E-state index in [-0.39, 0.29) is 0 Å². The van der Waals surface area contributed by atoms with Gasteiger partial charge in [-0.05, 0) is 12.1 Å². The highest BCUT2D eigenvalue weighted by Gasteiger charge is 2.06. The quantitative estimate of drug-likeness (QED) is 0.790. The van der Waals surface area contributed by atoms with Crippen molar-refractivity contribution in [1.29, 1.82) is 0 Å². The molecule has 0 radical (unpaired) electrons. The van der Waals surface area contributed by atoms with Gasteiger partial charge in [0.2, 0.25) is 0 Å². The average molecular weight is 210 g/mol. The Labute approximate surface area is 90.6 Å². The van der Waals surface area contributed by atoms with Crippen LogP contribution in [0, 0.1) is 0 Å². The first-order valence-electron chi connectivity index (χ1n) is 4.86. The molecule has 0 bridgehead atoms. The third-order valence-corrected chi connectivity index (χ3v) is 2.27. The predicted molar refractivity (Wildman–Crippen MR) is 61.9 cm³/mol. The van der Waals surface area contributed by atoms with Crippen LogP contribution in [0.1, 0.15) is 0 Å². The summed E-state index contributed by atoms with van der Waals surface area (Å²) < 4.78 is 10.4. The lowest BCUT2D eigenvalue weighted by Crippen LogP contribution is -2.24. The van der Waals surface area contributed by atoms with E-state index in [4.69, 9.17) is 15.2 Å². The zero-order chi connectivity index (χ0) is 11.3. The molecule has 2 N–H and O–H groups in total. The number of nitrogens with zero attached hydrogens (tertiary/aromatic N) is 1. The minimum atomic E-state index is 0.630. The molecule has 1 aromatic rings. The number of likely N-dealkylation sites (N-methyl/N-ethyl adjacent to an activating group) is 1. The number of hydrogen-bond donors (Lipinski definition) is 1. The number of ether oxygens (including phenoxy) is 2. The van der Waals surface area contributed by atoms with E-state index in [2.05, 4.69) is 4.90 Å². The molecule has 0 aliphatic carbocycles. The fraction of sp³-hybridized carbons (Fsp3) is 0.455. The number of nitrogens with two attached hydrogens (primary N) is 1. The maximum atomic E-state index is 5.50. The molecule has 84 valence electrons. The highest BCUT2D eigenvalue weighted by atomic mass is 16.5. The van der Waals surface area contributed by atoms with Crippen molar-refractivity contribution < 1.29 is 9.47 Å². The smallest absolute Gasteiger partial charge is 0.162 e. The van der Waals surface area contributed by atoms with Crippen LogP contribution in [-0.4, -0.2) is 34.4 Å². The van der Waals surface area contributed by atoms with Crippen LogP contribution in [0.4, 0.5) is 5.69 Å². The van der Waals surface area contributed by atoms with Crippen molar-refractivity contribution >= 4 is 5.69 Å². The maximum Gasteiger partial charge on any atom is 0.162 e. The number of rotatable bonds is 5. The van der Waals surface area contributed by atoms with Crippen LogP contribution in [-0.2, 0) is 0 Å². The van der Waals surface area contributed by atoms with Gasteiger partial charge in [0.25, 0.3) is 0 Å². The van der Waals surface area contributed by atoms with Crippen LogP contribution in [0.3, 0.4) is 0 Å². The molecule has 0 aliphatic rings. The highest BCUT2D eigenvalue weighted by molar-refractivity contribution is 5.56. The Balaban J connectivity index is 2.92. The van der Waals surface area contributed by atoms with Crippen LogP contribution in [0.2, 0.25) is 0 Å². The fourth-order valence-electron chi connectivity index (χ4n) is 1.39. The summed E-state index contributed by atoms with van der Waals surface area (Å²) in [5, 5.41) is 0. The van der Waals surface area contributed by atoms with Crippen LogP contribution < -0.4 is 20.1 Å². The van der Waals surface area contributed by atoms with E-state index < -0.39 is 0 Å². The number of benzene rings is 1. The lowest BCUT2D eigenvalue weighted by Gasteiger charge is -2.19. The summed E-state index contributed by atoms with van der Waals surface area (Å²) in [5.74, 6) is 1.47. The van der Waals surface area contributed by atoms with E-state index in [0.717, 1.165) is 23.7 Å². The van der Waals surface area contributed by atoms with E-state index >= 15 is 0 Å². The van der Waals surface area contributed by atoms with Crippen molar-refractivity contribution in [3.63, 3.8) is 0 Å². The van der Waals surface area contributed by atoms with E-state index in [1.807, 2.05) is 25.2 Å². The first kappa shape index (κ1) is 11.7. The molecular formula is C11H18N2O2. The normalized spacial score (nSPS) is 9.87. The van der Waals surface area contributed by atoms with Gasteiger partial charge in [-0.1, -0.05) is 0 Å². The summed E-state index contributed by atoms with van der Waals surface area (Å²) in [7, 11) is 5.25. The van der Waals surface area contributed by atoms with Gasteiger partial charge < -0.3 is 20.1 Å². The van der Waals surface area contributed by atoms with Gasteiger partial charge in [-0.15, -0.1) is 0 Å². The predicted octanol–water partition coefficient (Wildman–Crippen LogP) is 1.10. The molecule has 0 fully saturated rings. The second-order valence-electron chi connectivity index (χ2n) is 3.25. The summed E-state index contributed by atoms with van der Waals surface area (Å²) in [5.41, 5.74) is 6.56. The Kier molecular flexibility index (Phi) is 4.24. The van der Waals surface area contributed by atoms with E-state index in [9.17, 15) is 0 Å². The molecule has 0 aliphatic heterocycles. The molecule has 4 nitrogen and oxygen atoms in total. The molecule has 0 heterocycles. The van der Waals surface area contributed by atoms with E-state index in [0.29, 0.717) is 6.54 Å². The van der Waals surface area contributed by atoms with Crippen molar-refractivity contribution in [3.8, 4) is 11.5 Å². The van der Waals surface area contributed by atoms with Crippen molar-refractivity contribution in [2.75, 3.05) is 39.3 Å². The second-order valence-corrected chi connectivity index (χ2v) is 3.25. The fourth-order valence-corrected chi connectivity index (χ4v) is 1.39. The topological polar surface area (TPSA) is 47.7 Å². The lowest BCUT2D eigenvalue weighted by molar-refractivity contribution is 0.355. The molecule has 4 heteroatoms. The summed E-state index contributed by atoms with van der Waals surface area (Å²) in [6.07, 6.45) is 0. The first-order valence-corrected chi connectivity index (χ1v) is 4.86. The van der Waals surface area contributed by atoms with Crippen LogP contribution >= 0.6 is 0 Å². The number of methoxy groups -OCH3 is 2. The molecule has 0 atom stereocenters. The third-order valence-electron chi connectivity index (χ3n) is 2.27. The minimum absolute atomic E-state index is 0.630. The number of anilines is 1. The van der Waals surface area contributed by atoms with Crippen LogP contribution in [0.25, 0.3) is 0 Å².